The van der Waals surface area contributed by atoms with Crippen molar-refractivity contribution in [3.8, 4) is 0 Å². The van der Waals surface area contributed by atoms with Crippen LogP contribution in [0.15, 0.2) is 0 Å². The van der Waals surface area contributed by atoms with Gasteiger partial charge in [-0.15, -0.1) is 0 Å². The molecule has 0 aromatic carbocycles. The summed E-state index contributed by atoms with van der Waals surface area (Å²) in [6.45, 7) is 6.82. The van der Waals surface area contributed by atoms with Crippen molar-refractivity contribution in [1.82, 2.24) is 0 Å². The summed E-state index contributed by atoms with van der Waals surface area (Å²) >= 11 is 0. The normalized spacial score (nSPS) is 11.9. The molecule has 0 radical (unpaired) electrons. The van der Waals surface area contributed by atoms with Crippen LogP contribution in [0.3, 0.4) is 0 Å². The summed E-state index contributed by atoms with van der Waals surface area (Å²) in [7, 11) is 0. The molecular formula is C34H72O2. The Kier molecular flexibility index (Phi) is 39.2. The minimum absolute atomic E-state index is 0.0990. The summed E-state index contributed by atoms with van der Waals surface area (Å²) in [5.74, 6) is 0. The Labute approximate surface area is 229 Å². The van der Waals surface area contributed by atoms with Crippen LogP contribution in [0.5, 0.6) is 0 Å². The lowest BCUT2D eigenvalue weighted by molar-refractivity contribution is 0.180. The summed E-state index contributed by atoms with van der Waals surface area (Å²) in [6, 6.07) is 0. The molecule has 0 spiro atoms. The van der Waals surface area contributed by atoms with Crippen LogP contribution >= 0.6 is 0 Å². The van der Waals surface area contributed by atoms with Gasteiger partial charge in [-0.05, 0) is 19.8 Å². The van der Waals surface area contributed by atoms with E-state index in [0.29, 0.717) is 6.61 Å². The summed E-state index contributed by atoms with van der Waals surface area (Å²) in [5.41, 5.74) is 0. The van der Waals surface area contributed by atoms with Crippen molar-refractivity contribution < 1.29 is 10.2 Å². The first-order chi connectivity index (χ1) is 17.7. The van der Waals surface area contributed by atoms with Gasteiger partial charge in [0.25, 0.3) is 0 Å². The van der Waals surface area contributed by atoms with E-state index in [1.807, 2.05) is 6.92 Å². The first kappa shape index (κ1) is 38.1. The third-order valence-corrected chi connectivity index (χ3v) is 7.49. The fourth-order valence-electron chi connectivity index (χ4n) is 4.94. The molecule has 0 aliphatic carbocycles. The Bertz CT molecular complexity index is 326. The molecule has 0 saturated heterocycles. The van der Waals surface area contributed by atoms with Gasteiger partial charge < -0.3 is 10.2 Å². The molecule has 1 unspecified atom stereocenters. The molecule has 220 valence electrons. The van der Waals surface area contributed by atoms with Gasteiger partial charge in [-0.1, -0.05) is 187 Å². The molecule has 0 bridgehead atoms. The fourth-order valence-corrected chi connectivity index (χ4v) is 4.94. The van der Waals surface area contributed by atoms with Gasteiger partial charge in [0, 0.05) is 6.61 Å². The average molecular weight is 513 g/mol. The van der Waals surface area contributed by atoms with E-state index in [1.54, 1.807) is 0 Å². The molecule has 1 atom stereocenters. The Hall–Kier alpha value is -0.0800. The summed E-state index contributed by atoms with van der Waals surface area (Å²) in [4.78, 5) is 0. The molecule has 0 aromatic rings. The van der Waals surface area contributed by atoms with Gasteiger partial charge in [0.1, 0.15) is 0 Å². The summed E-state index contributed by atoms with van der Waals surface area (Å²) in [6.07, 6.45) is 39.7. The number of aliphatic hydroxyl groups is 2. The van der Waals surface area contributed by atoms with Crippen LogP contribution in [0.4, 0.5) is 0 Å². The van der Waals surface area contributed by atoms with Crippen molar-refractivity contribution >= 4 is 0 Å². The van der Waals surface area contributed by atoms with E-state index < -0.39 is 0 Å². The summed E-state index contributed by atoms with van der Waals surface area (Å²) in [5, 5.41) is 17.8. The van der Waals surface area contributed by atoms with Crippen molar-refractivity contribution in [2.45, 2.75) is 213 Å². The van der Waals surface area contributed by atoms with E-state index in [1.165, 1.54) is 173 Å². The fraction of sp³-hybridized carbons (Fsp3) is 1.00. The first-order valence-electron chi connectivity index (χ1n) is 17.0. The lowest BCUT2D eigenvalue weighted by Gasteiger charge is -2.04. The second-order valence-corrected chi connectivity index (χ2v) is 11.6. The van der Waals surface area contributed by atoms with Crippen molar-refractivity contribution in [2.24, 2.45) is 0 Å². The summed E-state index contributed by atoms with van der Waals surface area (Å²) < 4.78 is 0. The van der Waals surface area contributed by atoms with Gasteiger partial charge in [0.05, 0.1) is 6.10 Å². The Morgan fingerprint density at radius 3 is 0.806 bits per heavy atom. The topological polar surface area (TPSA) is 40.5 Å². The molecule has 0 heterocycles. The van der Waals surface area contributed by atoms with E-state index in [0.717, 1.165) is 12.8 Å². The maximum atomic E-state index is 9.11. The number of aliphatic hydroxyl groups excluding tert-OH is 2. The zero-order chi connectivity index (χ0) is 26.8. The van der Waals surface area contributed by atoms with Gasteiger partial charge in [-0.2, -0.15) is 0 Å². The number of hydrogen-bond donors (Lipinski definition) is 2. The second-order valence-electron chi connectivity index (χ2n) is 11.6. The largest absolute Gasteiger partial charge is 0.396 e. The third-order valence-electron chi connectivity index (χ3n) is 7.49. The number of rotatable bonds is 29. The van der Waals surface area contributed by atoms with Crippen LogP contribution in [-0.4, -0.2) is 22.9 Å². The zero-order valence-electron chi connectivity index (χ0n) is 25.7. The van der Waals surface area contributed by atoms with E-state index >= 15 is 0 Å². The van der Waals surface area contributed by atoms with Gasteiger partial charge in [0.2, 0.25) is 0 Å². The van der Waals surface area contributed by atoms with Crippen molar-refractivity contribution in [2.75, 3.05) is 6.61 Å². The lowest BCUT2D eigenvalue weighted by Crippen LogP contribution is -1.98. The maximum absolute atomic E-state index is 9.11. The van der Waals surface area contributed by atoms with Crippen molar-refractivity contribution in [3.63, 3.8) is 0 Å². The SMILES string of the molecule is CCCCCCCCCCCCCCC(C)O.CCCCCCCCCCCCCCCCCCO. The predicted molar refractivity (Wildman–Crippen MR) is 164 cm³/mol. The standard InChI is InChI=1S/C18H38O.C16H34O/c1-2-3-4-5-6-7-8-9-10-11-12-13-14-15-16-17-18-19;1-3-4-5-6-7-8-9-10-11-12-13-14-15-16(2)17/h19H,2-18H2,1H3;16-17H,3-15H2,1-2H3. The van der Waals surface area contributed by atoms with Crippen LogP contribution in [0.25, 0.3) is 0 Å². The molecule has 0 saturated carbocycles. The number of hydrogen-bond acceptors (Lipinski definition) is 2. The third kappa shape index (κ3) is 41.1. The van der Waals surface area contributed by atoms with Crippen LogP contribution in [0.2, 0.25) is 0 Å². The van der Waals surface area contributed by atoms with E-state index in [-0.39, 0.29) is 6.10 Å². The molecule has 0 fully saturated rings. The van der Waals surface area contributed by atoms with Gasteiger partial charge in [-0.3, -0.25) is 0 Å². The quantitative estimate of drug-likeness (QED) is 0.0978. The van der Waals surface area contributed by atoms with E-state index in [9.17, 15) is 0 Å². The minimum atomic E-state index is -0.0990. The monoisotopic (exact) mass is 513 g/mol. The molecule has 0 rings (SSSR count). The predicted octanol–water partition coefficient (Wildman–Crippen LogP) is 11.7. The van der Waals surface area contributed by atoms with Gasteiger partial charge in [-0.25, -0.2) is 0 Å². The second kappa shape index (κ2) is 37.1. The first-order valence-corrected chi connectivity index (χ1v) is 17.0. The highest BCUT2D eigenvalue weighted by molar-refractivity contribution is 4.51. The Balaban J connectivity index is 0. The molecule has 0 aliphatic rings. The van der Waals surface area contributed by atoms with E-state index in [4.69, 9.17) is 10.2 Å². The highest BCUT2D eigenvalue weighted by atomic mass is 16.3. The maximum Gasteiger partial charge on any atom is 0.0512 e. The molecule has 0 aliphatic heterocycles. The van der Waals surface area contributed by atoms with Crippen molar-refractivity contribution in [1.29, 1.82) is 0 Å². The van der Waals surface area contributed by atoms with Crippen LogP contribution < -0.4 is 0 Å². The smallest absolute Gasteiger partial charge is 0.0512 e. The number of unbranched alkanes of at least 4 members (excludes halogenated alkanes) is 26. The highest BCUT2D eigenvalue weighted by Gasteiger charge is 1.96. The van der Waals surface area contributed by atoms with Crippen LogP contribution in [0.1, 0.15) is 207 Å². The Morgan fingerprint density at radius 1 is 0.361 bits per heavy atom. The van der Waals surface area contributed by atoms with Gasteiger partial charge >= 0.3 is 0 Å². The van der Waals surface area contributed by atoms with Crippen LogP contribution in [0, 0.1) is 0 Å². The molecule has 36 heavy (non-hydrogen) atoms. The lowest BCUT2D eigenvalue weighted by atomic mass is 10.0. The molecular weight excluding hydrogens is 440 g/mol. The highest BCUT2D eigenvalue weighted by Crippen LogP contribution is 2.14. The molecule has 2 heteroatoms. The van der Waals surface area contributed by atoms with Gasteiger partial charge in [0.15, 0.2) is 0 Å². The molecule has 2 nitrogen and oxygen atoms in total. The van der Waals surface area contributed by atoms with Crippen LogP contribution in [-0.2, 0) is 0 Å². The van der Waals surface area contributed by atoms with E-state index in [2.05, 4.69) is 13.8 Å². The minimum Gasteiger partial charge on any atom is -0.396 e. The average Bonchev–Trinajstić information content (AvgIpc) is 2.87. The molecule has 0 amide bonds. The zero-order valence-corrected chi connectivity index (χ0v) is 25.7. The Morgan fingerprint density at radius 2 is 0.583 bits per heavy atom. The molecule has 2 N–H and O–H groups in total. The van der Waals surface area contributed by atoms with Crippen molar-refractivity contribution in [3.05, 3.63) is 0 Å². The molecule has 0 aromatic heterocycles.